The van der Waals surface area contributed by atoms with Crippen molar-refractivity contribution < 1.29 is 9.32 Å². The van der Waals surface area contributed by atoms with Crippen molar-refractivity contribution in [2.24, 2.45) is 5.41 Å². The molecule has 0 radical (unpaired) electrons. The molecule has 1 saturated carbocycles. The molecule has 1 heterocycles. The topological polar surface area (TPSA) is 68.0 Å². The summed E-state index contributed by atoms with van der Waals surface area (Å²) in [5.41, 5.74) is 0.157. The number of hydrogen-bond donors (Lipinski definition) is 2. The lowest BCUT2D eigenvalue weighted by atomic mass is 10.1. The van der Waals surface area contributed by atoms with Crippen molar-refractivity contribution in [1.29, 1.82) is 0 Å². The molecule has 2 rings (SSSR count). The molecule has 0 atom stereocenters. The molecule has 0 aliphatic heterocycles. The summed E-state index contributed by atoms with van der Waals surface area (Å²) in [6.07, 6.45) is 4.00. The number of aromatic nitrogens is 2. The summed E-state index contributed by atoms with van der Waals surface area (Å²) < 4.78 is 4.56. The number of nitrogens with one attached hydrogen (secondary N) is 1. The first-order chi connectivity index (χ1) is 7.24. The van der Waals surface area contributed by atoms with Crippen molar-refractivity contribution in [2.45, 2.75) is 25.8 Å². The first-order valence-corrected chi connectivity index (χ1v) is 5.50. The molecule has 1 aliphatic carbocycles. The minimum Gasteiger partial charge on any atom is -0.349 e. The predicted molar refractivity (Wildman–Crippen MR) is 56.3 cm³/mol. The zero-order chi connectivity index (χ0) is 10.7. The van der Waals surface area contributed by atoms with Gasteiger partial charge in [-0.15, -0.1) is 0 Å². The first kappa shape index (κ1) is 10.5. The van der Waals surface area contributed by atoms with E-state index in [1.807, 2.05) is 0 Å². The van der Waals surface area contributed by atoms with Crippen LogP contribution in [-0.4, -0.2) is 21.8 Å². The summed E-state index contributed by atoms with van der Waals surface area (Å²) >= 11 is 4.25. The first-order valence-electron chi connectivity index (χ1n) is 4.87. The van der Waals surface area contributed by atoms with E-state index in [-0.39, 0.29) is 11.3 Å². The number of rotatable bonds is 5. The van der Waals surface area contributed by atoms with E-state index in [9.17, 15) is 4.79 Å². The average Bonchev–Trinajstić information content (AvgIpc) is 2.80. The van der Waals surface area contributed by atoms with Crippen LogP contribution in [0.1, 0.15) is 25.1 Å². The molecule has 1 aromatic heterocycles. The summed E-state index contributed by atoms with van der Waals surface area (Å²) in [7, 11) is 0. The third-order valence-corrected chi connectivity index (χ3v) is 3.35. The maximum absolute atomic E-state index is 11.5. The third kappa shape index (κ3) is 2.71. The van der Waals surface area contributed by atoms with E-state index in [0.717, 1.165) is 18.6 Å². The second-order valence-electron chi connectivity index (χ2n) is 3.96. The Morgan fingerprint density at radius 2 is 2.47 bits per heavy atom. The predicted octanol–water partition coefficient (Wildman–Crippen LogP) is 0.786. The van der Waals surface area contributed by atoms with Crippen LogP contribution < -0.4 is 5.32 Å². The number of hydrogen-bond acceptors (Lipinski definition) is 5. The molecule has 5 nitrogen and oxygen atoms in total. The van der Waals surface area contributed by atoms with Crippen LogP contribution in [0.15, 0.2) is 10.9 Å². The van der Waals surface area contributed by atoms with Gasteiger partial charge in [0.15, 0.2) is 5.82 Å². The minimum atomic E-state index is 0.0337. The largest absolute Gasteiger partial charge is 0.349 e. The summed E-state index contributed by atoms with van der Waals surface area (Å²) in [5.74, 6) is 1.31. The lowest BCUT2D eigenvalue weighted by Gasteiger charge is -2.10. The maximum atomic E-state index is 11.5. The molecule has 1 aromatic rings. The fourth-order valence-corrected chi connectivity index (χ4v) is 1.85. The lowest BCUT2D eigenvalue weighted by molar-refractivity contribution is -0.122. The second kappa shape index (κ2) is 4.22. The molecule has 1 N–H and O–H groups in total. The Labute approximate surface area is 93.0 Å². The number of thiol groups is 1. The van der Waals surface area contributed by atoms with Gasteiger partial charge in [-0.1, -0.05) is 5.16 Å². The van der Waals surface area contributed by atoms with Gasteiger partial charge in [0.05, 0.1) is 6.54 Å². The van der Waals surface area contributed by atoms with Crippen LogP contribution in [0.5, 0.6) is 0 Å². The SMILES string of the molecule is O=C(CC1(CS)CC1)NCc1ncon1. The van der Waals surface area contributed by atoms with Crippen molar-refractivity contribution in [3.05, 3.63) is 12.2 Å². The van der Waals surface area contributed by atoms with E-state index in [2.05, 4.69) is 32.6 Å². The molecule has 0 unspecified atom stereocenters. The van der Waals surface area contributed by atoms with E-state index < -0.39 is 0 Å². The van der Waals surface area contributed by atoms with Crippen molar-refractivity contribution in [3.63, 3.8) is 0 Å². The molecule has 82 valence electrons. The van der Waals surface area contributed by atoms with Crippen molar-refractivity contribution in [1.82, 2.24) is 15.5 Å². The highest BCUT2D eigenvalue weighted by Crippen LogP contribution is 2.49. The van der Waals surface area contributed by atoms with Gasteiger partial charge in [-0.2, -0.15) is 17.6 Å². The number of nitrogens with zero attached hydrogens (tertiary/aromatic N) is 2. The summed E-state index contributed by atoms with van der Waals surface area (Å²) in [6, 6.07) is 0. The zero-order valence-electron chi connectivity index (χ0n) is 8.27. The van der Waals surface area contributed by atoms with Crippen LogP contribution in [0.4, 0.5) is 0 Å². The molecular formula is C9H13N3O2S. The van der Waals surface area contributed by atoms with Crippen molar-refractivity contribution >= 4 is 18.5 Å². The molecule has 6 heteroatoms. The highest BCUT2D eigenvalue weighted by Gasteiger charge is 2.42. The second-order valence-corrected chi connectivity index (χ2v) is 4.28. The molecule has 1 aliphatic rings. The standard InChI is InChI=1S/C9H13N3O2S/c13-8(3-9(5-15)1-2-9)10-4-7-11-6-14-12-7/h6,15H,1-5H2,(H,10,13). The normalized spacial score (nSPS) is 17.4. The van der Waals surface area contributed by atoms with Crippen molar-refractivity contribution in [2.75, 3.05) is 5.75 Å². The van der Waals surface area contributed by atoms with Crippen molar-refractivity contribution in [3.8, 4) is 0 Å². The fourth-order valence-electron chi connectivity index (χ4n) is 1.42. The van der Waals surface area contributed by atoms with Gasteiger partial charge in [-0.05, 0) is 24.0 Å². The number of amides is 1. The molecule has 15 heavy (non-hydrogen) atoms. The summed E-state index contributed by atoms with van der Waals surface area (Å²) in [5, 5.41) is 6.36. The van der Waals surface area contributed by atoms with Gasteiger partial charge >= 0.3 is 0 Å². The molecular weight excluding hydrogens is 214 g/mol. The monoisotopic (exact) mass is 227 g/mol. The van der Waals surface area contributed by atoms with Gasteiger partial charge in [0.2, 0.25) is 12.3 Å². The molecule has 1 amide bonds. The van der Waals surface area contributed by atoms with Crippen LogP contribution in [0.3, 0.4) is 0 Å². The van der Waals surface area contributed by atoms with Crippen LogP contribution in [0, 0.1) is 5.41 Å². The average molecular weight is 227 g/mol. The van der Waals surface area contributed by atoms with Crippen LogP contribution in [0.2, 0.25) is 0 Å². The third-order valence-electron chi connectivity index (χ3n) is 2.68. The Morgan fingerprint density at radius 3 is 3.00 bits per heavy atom. The van der Waals surface area contributed by atoms with E-state index in [1.165, 1.54) is 6.39 Å². The van der Waals surface area contributed by atoms with Gasteiger partial charge < -0.3 is 9.84 Å². The maximum Gasteiger partial charge on any atom is 0.220 e. The smallest absolute Gasteiger partial charge is 0.220 e. The summed E-state index contributed by atoms with van der Waals surface area (Å²) in [6.45, 7) is 0.331. The van der Waals surface area contributed by atoms with Gasteiger partial charge in [0, 0.05) is 6.42 Å². The molecule has 0 spiro atoms. The van der Waals surface area contributed by atoms with Crippen LogP contribution in [-0.2, 0) is 11.3 Å². The van der Waals surface area contributed by atoms with Gasteiger partial charge in [0.25, 0.3) is 0 Å². The summed E-state index contributed by atoms with van der Waals surface area (Å²) in [4.78, 5) is 15.3. The van der Waals surface area contributed by atoms with E-state index in [1.54, 1.807) is 0 Å². The fraction of sp³-hybridized carbons (Fsp3) is 0.667. The Kier molecular flexibility index (Phi) is 2.95. The molecule has 0 saturated heterocycles. The van der Waals surface area contributed by atoms with Crippen LogP contribution in [0.25, 0.3) is 0 Å². The molecule has 0 bridgehead atoms. The lowest BCUT2D eigenvalue weighted by Crippen LogP contribution is -2.26. The quantitative estimate of drug-likeness (QED) is 0.730. The van der Waals surface area contributed by atoms with E-state index >= 15 is 0 Å². The Bertz CT molecular complexity index is 335. The Balaban J connectivity index is 1.73. The zero-order valence-corrected chi connectivity index (χ0v) is 9.17. The van der Waals surface area contributed by atoms with Gasteiger partial charge in [-0.25, -0.2) is 0 Å². The highest BCUT2D eigenvalue weighted by molar-refractivity contribution is 7.80. The van der Waals surface area contributed by atoms with Crippen LogP contribution >= 0.6 is 12.6 Å². The van der Waals surface area contributed by atoms with E-state index in [0.29, 0.717) is 18.8 Å². The number of carbonyl (C=O) groups excluding carboxylic acids is 1. The van der Waals surface area contributed by atoms with E-state index in [4.69, 9.17) is 0 Å². The van der Waals surface area contributed by atoms with Gasteiger partial charge in [0.1, 0.15) is 0 Å². The number of carbonyl (C=O) groups is 1. The Hall–Kier alpha value is -1.04. The highest BCUT2D eigenvalue weighted by atomic mass is 32.1. The Morgan fingerprint density at radius 1 is 1.67 bits per heavy atom. The minimum absolute atomic E-state index is 0.0337. The van der Waals surface area contributed by atoms with Gasteiger partial charge in [-0.3, -0.25) is 4.79 Å². The molecule has 1 fully saturated rings. The molecule has 0 aromatic carbocycles.